The van der Waals surface area contributed by atoms with Gasteiger partial charge in [-0.2, -0.15) is 0 Å². The zero-order chi connectivity index (χ0) is 19.5. The summed E-state index contributed by atoms with van der Waals surface area (Å²) in [6, 6.07) is 12.8. The van der Waals surface area contributed by atoms with E-state index in [0.29, 0.717) is 36.9 Å². The number of amides is 1. The smallest absolute Gasteiger partial charge is 0.270 e. The molecular formula is C21H20ClN3O3. The number of benzene rings is 1. The molecule has 0 aliphatic carbocycles. The Labute approximate surface area is 167 Å². The minimum absolute atomic E-state index is 0.295. The van der Waals surface area contributed by atoms with Crippen LogP contribution in [0.3, 0.4) is 0 Å². The lowest BCUT2D eigenvalue weighted by molar-refractivity contribution is -0.0140. The molecule has 2 aromatic heterocycles. The van der Waals surface area contributed by atoms with E-state index in [1.807, 2.05) is 36.4 Å². The normalized spacial score (nSPS) is 19.5. The summed E-state index contributed by atoms with van der Waals surface area (Å²) in [7, 11) is 0. The molecule has 7 heteroatoms. The van der Waals surface area contributed by atoms with Crippen LogP contribution < -0.4 is 5.32 Å². The highest BCUT2D eigenvalue weighted by molar-refractivity contribution is 6.29. The summed E-state index contributed by atoms with van der Waals surface area (Å²) >= 11 is 6.01. The second kappa shape index (κ2) is 8.22. The number of halogens is 1. The number of pyridine rings is 2. The minimum Gasteiger partial charge on any atom is -0.391 e. The predicted molar refractivity (Wildman–Crippen MR) is 106 cm³/mol. The highest BCUT2D eigenvalue weighted by Gasteiger charge is 2.26. The second-order valence-corrected chi connectivity index (χ2v) is 7.25. The molecule has 1 fully saturated rings. The van der Waals surface area contributed by atoms with Gasteiger partial charge in [0.05, 0.1) is 24.3 Å². The zero-order valence-electron chi connectivity index (χ0n) is 15.1. The number of hydrogen-bond acceptors (Lipinski definition) is 5. The van der Waals surface area contributed by atoms with Gasteiger partial charge in [0, 0.05) is 18.2 Å². The van der Waals surface area contributed by atoms with Crippen molar-refractivity contribution in [3.05, 3.63) is 70.6 Å². The van der Waals surface area contributed by atoms with Gasteiger partial charge >= 0.3 is 0 Å². The van der Waals surface area contributed by atoms with Gasteiger partial charge in [-0.1, -0.05) is 29.8 Å². The Morgan fingerprint density at radius 3 is 2.96 bits per heavy atom. The summed E-state index contributed by atoms with van der Waals surface area (Å²) < 4.78 is 5.36. The van der Waals surface area contributed by atoms with E-state index in [-0.39, 0.29) is 5.91 Å². The van der Waals surface area contributed by atoms with Gasteiger partial charge in [-0.3, -0.25) is 4.79 Å². The quantitative estimate of drug-likeness (QED) is 0.661. The van der Waals surface area contributed by atoms with Crippen molar-refractivity contribution in [1.82, 2.24) is 15.3 Å². The molecule has 4 rings (SSSR count). The number of carbonyl (C=O) groups excluding carboxylic acids is 1. The SMILES string of the molecule is O=C(NC1COCCC1O)c1cc(Cc2ccnc(Cl)c2)c2ccccc2n1. The lowest BCUT2D eigenvalue weighted by atomic mass is 10.0. The molecule has 2 atom stereocenters. The number of fused-ring (bicyclic) bond motifs is 1. The number of rotatable bonds is 4. The Balaban J connectivity index is 1.66. The van der Waals surface area contributed by atoms with Gasteiger partial charge in [-0.15, -0.1) is 0 Å². The molecule has 0 spiro atoms. The van der Waals surface area contributed by atoms with Gasteiger partial charge in [0.15, 0.2) is 0 Å². The first kappa shape index (κ1) is 18.8. The molecular weight excluding hydrogens is 378 g/mol. The van der Waals surface area contributed by atoms with Crippen LogP contribution in [0.15, 0.2) is 48.7 Å². The van der Waals surface area contributed by atoms with Gasteiger partial charge in [0.1, 0.15) is 10.8 Å². The fourth-order valence-corrected chi connectivity index (χ4v) is 3.59. The van der Waals surface area contributed by atoms with Crippen LogP contribution in [0.25, 0.3) is 10.9 Å². The van der Waals surface area contributed by atoms with E-state index in [4.69, 9.17) is 16.3 Å². The monoisotopic (exact) mass is 397 g/mol. The number of aliphatic hydroxyl groups is 1. The van der Waals surface area contributed by atoms with E-state index in [0.717, 1.165) is 22.0 Å². The fourth-order valence-electron chi connectivity index (χ4n) is 3.39. The van der Waals surface area contributed by atoms with Crippen LogP contribution in [-0.2, 0) is 11.2 Å². The largest absolute Gasteiger partial charge is 0.391 e. The van der Waals surface area contributed by atoms with Crippen LogP contribution >= 0.6 is 11.6 Å². The first-order valence-corrected chi connectivity index (χ1v) is 9.54. The van der Waals surface area contributed by atoms with E-state index in [9.17, 15) is 9.90 Å². The predicted octanol–water partition coefficient (Wildman–Crippen LogP) is 2.75. The number of aromatic nitrogens is 2. The molecule has 2 unspecified atom stereocenters. The van der Waals surface area contributed by atoms with E-state index in [1.165, 1.54) is 0 Å². The summed E-state index contributed by atoms with van der Waals surface area (Å²) in [5.41, 5.74) is 3.02. The van der Waals surface area contributed by atoms with Crippen molar-refractivity contribution in [3.8, 4) is 0 Å². The number of para-hydroxylation sites is 1. The Hall–Kier alpha value is -2.54. The zero-order valence-corrected chi connectivity index (χ0v) is 15.9. The van der Waals surface area contributed by atoms with Crippen molar-refractivity contribution >= 4 is 28.4 Å². The van der Waals surface area contributed by atoms with Crippen LogP contribution in [0.4, 0.5) is 0 Å². The molecule has 1 aliphatic rings. The lowest BCUT2D eigenvalue weighted by Crippen LogP contribution is -2.49. The van der Waals surface area contributed by atoms with Crippen molar-refractivity contribution in [2.45, 2.75) is 25.0 Å². The number of carbonyl (C=O) groups is 1. The molecule has 6 nitrogen and oxygen atoms in total. The van der Waals surface area contributed by atoms with Crippen molar-refractivity contribution in [2.24, 2.45) is 0 Å². The number of hydrogen-bond donors (Lipinski definition) is 2. The molecule has 1 aliphatic heterocycles. The third-order valence-corrected chi connectivity index (χ3v) is 5.06. The van der Waals surface area contributed by atoms with Gasteiger partial charge < -0.3 is 15.2 Å². The Kier molecular flexibility index (Phi) is 5.52. The minimum atomic E-state index is -0.614. The van der Waals surface area contributed by atoms with Crippen LogP contribution in [0.5, 0.6) is 0 Å². The highest BCUT2D eigenvalue weighted by atomic mass is 35.5. The maximum Gasteiger partial charge on any atom is 0.270 e. The van der Waals surface area contributed by atoms with Crippen molar-refractivity contribution in [3.63, 3.8) is 0 Å². The molecule has 144 valence electrons. The van der Waals surface area contributed by atoms with Crippen LogP contribution in [0.2, 0.25) is 5.15 Å². The van der Waals surface area contributed by atoms with Gasteiger partial charge in [0.25, 0.3) is 5.91 Å². The average Bonchev–Trinajstić information content (AvgIpc) is 2.69. The van der Waals surface area contributed by atoms with Crippen LogP contribution in [0, 0.1) is 0 Å². The molecule has 28 heavy (non-hydrogen) atoms. The fraction of sp³-hybridized carbons (Fsp3) is 0.286. The molecule has 0 bridgehead atoms. The Bertz CT molecular complexity index is 1010. The number of nitrogens with one attached hydrogen (secondary N) is 1. The molecule has 0 saturated carbocycles. The van der Waals surface area contributed by atoms with Crippen LogP contribution in [0.1, 0.15) is 28.0 Å². The molecule has 1 saturated heterocycles. The molecule has 1 amide bonds. The first-order chi connectivity index (χ1) is 13.6. The summed E-state index contributed by atoms with van der Waals surface area (Å²) in [6.45, 7) is 0.795. The van der Waals surface area contributed by atoms with E-state index in [1.54, 1.807) is 12.3 Å². The molecule has 0 radical (unpaired) electrons. The van der Waals surface area contributed by atoms with Crippen molar-refractivity contribution < 1.29 is 14.6 Å². The number of aliphatic hydroxyl groups excluding tert-OH is 1. The third-order valence-electron chi connectivity index (χ3n) is 4.86. The molecule has 3 heterocycles. The highest BCUT2D eigenvalue weighted by Crippen LogP contribution is 2.22. The number of ether oxygens (including phenoxy) is 1. The van der Waals surface area contributed by atoms with Crippen molar-refractivity contribution in [2.75, 3.05) is 13.2 Å². The maximum absolute atomic E-state index is 12.8. The van der Waals surface area contributed by atoms with E-state index in [2.05, 4.69) is 15.3 Å². The van der Waals surface area contributed by atoms with Gasteiger partial charge in [0.2, 0.25) is 0 Å². The molecule has 2 N–H and O–H groups in total. The average molecular weight is 398 g/mol. The summed E-state index contributed by atoms with van der Waals surface area (Å²) in [4.78, 5) is 21.3. The third kappa shape index (κ3) is 4.14. The van der Waals surface area contributed by atoms with E-state index < -0.39 is 12.1 Å². The molecule has 1 aromatic carbocycles. The number of nitrogens with zero attached hydrogens (tertiary/aromatic N) is 2. The Morgan fingerprint density at radius 1 is 1.29 bits per heavy atom. The summed E-state index contributed by atoms with van der Waals surface area (Å²) in [5, 5.41) is 14.3. The van der Waals surface area contributed by atoms with Crippen molar-refractivity contribution in [1.29, 1.82) is 0 Å². The maximum atomic E-state index is 12.8. The standard InChI is InChI=1S/C21H20ClN3O3/c22-20-10-13(5-7-23-20)9-14-11-17(24-16-4-2-1-3-15(14)16)21(27)25-18-12-28-8-6-19(18)26/h1-5,7,10-11,18-19,26H,6,8-9,12H2,(H,25,27). The lowest BCUT2D eigenvalue weighted by Gasteiger charge is -2.28. The summed E-state index contributed by atoms with van der Waals surface area (Å²) in [5.74, 6) is -0.325. The topological polar surface area (TPSA) is 84.3 Å². The summed E-state index contributed by atoms with van der Waals surface area (Å²) in [6.07, 6.45) is 2.15. The van der Waals surface area contributed by atoms with E-state index >= 15 is 0 Å². The van der Waals surface area contributed by atoms with Crippen LogP contribution in [-0.4, -0.2) is 46.3 Å². The Morgan fingerprint density at radius 2 is 2.14 bits per heavy atom. The second-order valence-electron chi connectivity index (χ2n) is 6.86. The molecule has 3 aromatic rings. The van der Waals surface area contributed by atoms with Gasteiger partial charge in [-0.25, -0.2) is 9.97 Å². The first-order valence-electron chi connectivity index (χ1n) is 9.16. The van der Waals surface area contributed by atoms with Gasteiger partial charge in [-0.05, 0) is 48.2 Å².